The first-order chi connectivity index (χ1) is 16.8. The van der Waals surface area contributed by atoms with E-state index in [-0.39, 0.29) is 28.8 Å². The van der Waals surface area contributed by atoms with Crippen molar-refractivity contribution in [3.63, 3.8) is 0 Å². The number of ether oxygens (including phenoxy) is 1. The van der Waals surface area contributed by atoms with Crippen LogP contribution < -0.4 is 4.74 Å². The summed E-state index contributed by atoms with van der Waals surface area (Å²) in [7, 11) is -3.83. The van der Waals surface area contributed by atoms with Gasteiger partial charge in [0.1, 0.15) is 11.4 Å². The number of rotatable bonds is 10. The minimum atomic E-state index is -3.83. The predicted molar refractivity (Wildman–Crippen MR) is 133 cm³/mol. The average molecular weight is 530 g/mol. The highest BCUT2D eigenvalue weighted by atomic mass is 35.5. The summed E-state index contributed by atoms with van der Waals surface area (Å²) in [5, 5.41) is 14.9. The van der Waals surface area contributed by atoms with Gasteiger partial charge in [-0.3, -0.25) is 0 Å². The zero-order chi connectivity index (χ0) is 24.8. The minimum Gasteiger partial charge on any atom is -0.480 e. The third-order valence-electron chi connectivity index (χ3n) is 5.06. The number of carboxylic acids is 1. The van der Waals surface area contributed by atoms with Crippen LogP contribution in [0.25, 0.3) is 11.3 Å². The van der Waals surface area contributed by atoms with Crippen molar-refractivity contribution < 1.29 is 23.1 Å². The molecule has 3 aromatic carbocycles. The second-order valence-corrected chi connectivity index (χ2v) is 10.5. The van der Waals surface area contributed by atoms with E-state index in [0.29, 0.717) is 5.56 Å². The first kappa shape index (κ1) is 24.8. The summed E-state index contributed by atoms with van der Waals surface area (Å²) in [5.74, 6) is -0.912. The molecule has 180 valence electrons. The monoisotopic (exact) mass is 529 g/mol. The molecule has 1 heterocycles. The number of carbonyl (C=O) groups is 1. The summed E-state index contributed by atoms with van der Waals surface area (Å²) in [6.07, 6.45) is 0. The third-order valence-corrected chi connectivity index (χ3v) is 7.66. The van der Waals surface area contributed by atoms with Gasteiger partial charge in [0.15, 0.2) is 6.61 Å². The van der Waals surface area contributed by atoms with E-state index >= 15 is 0 Å². The molecule has 0 radical (unpaired) electrons. The molecule has 0 spiro atoms. The number of hydrogen-bond donors (Lipinski definition) is 1. The van der Waals surface area contributed by atoms with Crippen molar-refractivity contribution in [3.05, 3.63) is 94.3 Å². The van der Waals surface area contributed by atoms with E-state index in [1.165, 1.54) is 21.9 Å². The highest BCUT2D eigenvalue weighted by molar-refractivity contribution is 7.89. The molecule has 1 N–H and O–H groups in total. The molecule has 1 aromatic heterocycles. The Kier molecular flexibility index (Phi) is 7.76. The molecule has 8 nitrogen and oxygen atoms in total. The lowest BCUT2D eigenvalue weighted by molar-refractivity contribution is -0.139. The number of aromatic nitrogens is 2. The molecule has 35 heavy (non-hydrogen) atoms. The quantitative estimate of drug-likeness (QED) is 0.316. The molecular formula is C24H20ClN3O5S2. The standard InChI is InChI=1S/C24H20ClN3O5S2/c25-21-12-18(8-11-23(21)33-15-24(29)30)14-28(35(31,32)20-4-2-1-3-5-20)13-17-6-9-19(10-7-17)22-16-34-27-26-22/h1-12,16H,13-15H2,(H,29,30). The molecule has 0 fully saturated rings. The van der Waals surface area contributed by atoms with Crippen LogP contribution in [-0.2, 0) is 27.9 Å². The van der Waals surface area contributed by atoms with Gasteiger partial charge in [-0.05, 0) is 46.9 Å². The summed E-state index contributed by atoms with van der Waals surface area (Å²) in [4.78, 5) is 10.9. The van der Waals surface area contributed by atoms with Gasteiger partial charge in [0.2, 0.25) is 10.0 Å². The summed E-state index contributed by atoms with van der Waals surface area (Å²) in [6.45, 7) is -0.351. The Hall–Kier alpha value is -3.31. The number of carboxylic acid groups (broad SMARTS) is 1. The van der Waals surface area contributed by atoms with Gasteiger partial charge in [0.05, 0.1) is 9.92 Å². The van der Waals surface area contributed by atoms with E-state index in [0.717, 1.165) is 16.8 Å². The molecule has 0 bridgehead atoms. The van der Waals surface area contributed by atoms with Gasteiger partial charge < -0.3 is 9.84 Å². The van der Waals surface area contributed by atoms with Crippen LogP contribution in [0.2, 0.25) is 5.02 Å². The first-order valence-electron chi connectivity index (χ1n) is 10.4. The molecule has 0 amide bonds. The van der Waals surface area contributed by atoms with Gasteiger partial charge in [-0.25, -0.2) is 13.2 Å². The minimum absolute atomic E-state index is 0.0495. The van der Waals surface area contributed by atoms with Gasteiger partial charge in [-0.2, -0.15) is 4.31 Å². The van der Waals surface area contributed by atoms with Crippen molar-refractivity contribution in [2.45, 2.75) is 18.0 Å². The zero-order valence-electron chi connectivity index (χ0n) is 18.2. The van der Waals surface area contributed by atoms with Crippen molar-refractivity contribution in [1.29, 1.82) is 0 Å². The van der Waals surface area contributed by atoms with Gasteiger partial charge in [0, 0.05) is 24.0 Å². The Bertz CT molecular complexity index is 1400. The maximum atomic E-state index is 13.5. The lowest BCUT2D eigenvalue weighted by Gasteiger charge is -2.23. The lowest BCUT2D eigenvalue weighted by atomic mass is 10.1. The van der Waals surface area contributed by atoms with E-state index in [4.69, 9.17) is 21.4 Å². The number of nitrogens with zero attached hydrogens (tertiary/aromatic N) is 3. The fourth-order valence-electron chi connectivity index (χ4n) is 3.35. The van der Waals surface area contributed by atoms with Crippen LogP contribution in [-0.4, -0.2) is 40.0 Å². The molecule has 0 aliphatic heterocycles. The number of halogens is 1. The fourth-order valence-corrected chi connectivity index (χ4v) is 5.51. The van der Waals surface area contributed by atoms with Crippen molar-refractivity contribution in [2.24, 2.45) is 0 Å². The Morgan fingerprint density at radius 3 is 2.31 bits per heavy atom. The van der Waals surface area contributed by atoms with Gasteiger partial charge in [0.25, 0.3) is 0 Å². The Morgan fingerprint density at radius 1 is 1.00 bits per heavy atom. The smallest absolute Gasteiger partial charge is 0.341 e. The summed E-state index contributed by atoms with van der Waals surface area (Å²) in [6, 6.07) is 20.5. The number of benzene rings is 3. The van der Waals surface area contributed by atoms with Crippen LogP contribution in [0, 0.1) is 0 Å². The van der Waals surface area contributed by atoms with E-state index in [2.05, 4.69) is 9.59 Å². The van der Waals surface area contributed by atoms with Gasteiger partial charge in [-0.15, -0.1) is 5.10 Å². The second-order valence-electron chi connectivity index (χ2n) is 7.52. The number of hydrogen-bond acceptors (Lipinski definition) is 7. The Balaban J connectivity index is 1.61. The first-order valence-corrected chi connectivity index (χ1v) is 13.0. The molecule has 4 aromatic rings. The largest absolute Gasteiger partial charge is 0.480 e. The number of sulfonamides is 1. The van der Waals surface area contributed by atoms with Crippen molar-refractivity contribution >= 4 is 39.1 Å². The Morgan fingerprint density at radius 2 is 1.69 bits per heavy atom. The third kappa shape index (κ3) is 6.23. The molecule has 0 saturated carbocycles. The van der Waals surface area contributed by atoms with Crippen LogP contribution in [0.1, 0.15) is 11.1 Å². The zero-order valence-corrected chi connectivity index (χ0v) is 20.6. The molecule has 0 aliphatic rings. The van der Waals surface area contributed by atoms with Crippen molar-refractivity contribution in [3.8, 4) is 17.0 Å². The Labute approximate surface area is 211 Å². The van der Waals surface area contributed by atoms with E-state index < -0.39 is 22.6 Å². The summed E-state index contributed by atoms with van der Waals surface area (Å²) in [5.41, 5.74) is 3.07. The highest BCUT2D eigenvalue weighted by Gasteiger charge is 2.25. The van der Waals surface area contributed by atoms with Crippen LogP contribution >= 0.6 is 23.1 Å². The van der Waals surface area contributed by atoms with Crippen molar-refractivity contribution in [1.82, 2.24) is 13.9 Å². The fraction of sp³-hybridized carbons (Fsp3) is 0.125. The normalized spacial score (nSPS) is 11.5. The lowest BCUT2D eigenvalue weighted by Crippen LogP contribution is -2.30. The van der Waals surface area contributed by atoms with Gasteiger partial charge >= 0.3 is 5.97 Å². The molecule has 0 saturated heterocycles. The topological polar surface area (TPSA) is 110 Å². The molecule has 0 unspecified atom stereocenters. The van der Waals surface area contributed by atoms with E-state index in [1.807, 2.05) is 29.6 Å². The molecule has 0 aliphatic carbocycles. The maximum Gasteiger partial charge on any atom is 0.341 e. The molecular weight excluding hydrogens is 510 g/mol. The molecule has 4 rings (SSSR count). The summed E-state index contributed by atoms with van der Waals surface area (Å²) < 4.78 is 37.4. The number of aliphatic carboxylic acids is 1. The molecule has 0 atom stereocenters. The van der Waals surface area contributed by atoms with Crippen LogP contribution in [0.5, 0.6) is 5.75 Å². The van der Waals surface area contributed by atoms with Crippen molar-refractivity contribution in [2.75, 3.05) is 6.61 Å². The van der Waals surface area contributed by atoms with Gasteiger partial charge in [-0.1, -0.05) is 64.6 Å². The second kappa shape index (κ2) is 11.0. The average Bonchev–Trinajstić information content (AvgIpc) is 3.39. The van der Waals surface area contributed by atoms with E-state index in [1.54, 1.807) is 42.5 Å². The summed E-state index contributed by atoms with van der Waals surface area (Å²) >= 11 is 7.52. The van der Waals surface area contributed by atoms with Crippen LogP contribution in [0.15, 0.2) is 83.1 Å². The maximum absolute atomic E-state index is 13.5. The van der Waals surface area contributed by atoms with Crippen LogP contribution in [0.3, 0.4) is 0 Å². The van der Waals surface area contributed by atoms with E-state index in [9.17, 15) is 13.2 Å². The highest BCUT2D eigenvalue weighted by Crippen LogP contribution is 2.28. The SMILES string of the molecule is O=C(O)COc1ccc(CN(Cc2ccc(-c3csnn3)cc2)S(=O)(=O)c2ccccc2)cc1Cl. The predicted octanol–water partition coefficient (Wildman–Crippen LogP) is 4.71. The molecule has 11 heteroatoms. The van der Waals surface area contributed by atoms with Crippen LogP contribution in [0.4, 0.5) is 0 Å².